The Hall–Kier alpha value is -0.530. The summed E-state index contributed by atoms with van der Waals surface area (Å²) in [5, 5.41) is 0. The van der Waals surface area contributed by atoms with E-state index in [0.717, 1.165) is 6.42 Å². The molecule has 72 valence electrons. The molecule has 2 N–H and O–H groups in total. The monoisotopic (exact) mass is 197 g/mol. The van der Waals surface area contributed by atoms with Gasteiger partial charge >= 0.3 is 0 Å². The molecule has 0 aliphatic heterocycles. The van der Waals surface area contributed by atoms with E-state index in [0.29, 0.717) is 0 Å². The van der Waals surface area contributed by atoms with E-state index < -0.39 is 0 Å². The maximum atomic E-state index is 6.12. The molecular formula is C11H16ClN. The predicted octanol–water partition coefficient (Wildman–Crippen LogP) is 2.69. The number of hydrogen-bond donors (Lipinski definition) is 1. The molecule has 0 heterocycles. The molecule has 1 unspecified atom stereocenters. The van der Waals surface area contributed by atoms with Crippen LogP contribution in [0.25, 0.3) is 0 Å². The molecule has 13 heavy (non-hydrogen) atoms. The van der Waals surface area contributed by atoms with Gasteiger partial charge in [0.1, 0.15) is 0 Å². The average molecular weight is 198 g/mol. The minimum Gasteiger partial charge on any atom is -0.323 e. The van der Waals surface area contributed by atoms with Crippen LogP contribution in [0.2, 0.25) is 0 Å². The molecule has 2 rings (SSSR count). The quantitative estimate of drug-likeness (QED) is 0.680. The lowest BCUT2D eigenvalue weighted by Gasteiger charge is -2.23. The largest absolute Gasteiger partial charge is 0.323 e. The lowest BCUT2D eigenvalue weighted by molar-refractivity contribution is 0.319. The van der Waals surface area contributed by atoms with E-state index in [2.05, 4.69) is 38.1 Å². The first kappa shape index (κ1) is 10.6. The first-order valence-electron chi connectivity index (χ1n) is 4.45. The molecule has 0 radical (unpaired) electrons. The summed E-state index contributed by atoms with van der Waals surface area (Å²) in [4.78, 5) is 0. The van der Waals surface area contributed by atoms with Crippen LogP contribution in [-0.4, -0.2) is 0 Å². The van der Waals surface area contributed by atoms with Crippen LogP contribution in [0.15, 0.2) is 24.3 Å². The zero-order valence-corrected chi connectivity index (χ0v) is 8.90. The molecule has 0 bridgehead atoms. The highest BCUT2D eigenvalue weighted by Crippen LogP contribution is 2.42. The molecule has 1 atom stereocenters. The van der Waals surface area contributed by atoms with Gasteiger partial charge in [-0.1, -0.05) is 38.1 Å². The third kappa shape index (κ3) is 1.59. The molecule has 0 spiro atoms. The molecule has 0 fully saturated rings. The Bertz CT molecular complexity index is 307. The van der Waals surface area contributed by atoms with Gasteiger partial charge in [-0.3, -0.25) is 0 Å². The Morgan fingerprint density at radius 1 is 1.31 bits per heavy atom. The number of nitrogens with two attached hydrogens (primary N) is 1. The number of fused-ring (bicyclic) bond motifs is 1. The smallest absolute Gasteiger partial charge is 0.0352 e. The summed E-state index contributed by atoms with van der Waals surface area (Å²) in [7, 11) is 0. The van der Waals surface area contributed by atoms with Crippen LogP contribution in [0, 0.1) is 5.41 Å². The Balaban J connectivity index is 0.000000845. The Morgan fingerprint density at radius 3 is 2.54 bits per heavy atom. The molecule has 0 saturated heterocycles. The summed E-state index contributed by atoms with van der Waals surface area (Å²) in [6, 6.07) is 8.71. The lowest BCUT2D eigenvalue weighted by atomic mass is 9.86. The van der Waals surface area contributed by atoms with Crippen LogP contribution < -0.4 is 5.73 Å². The molecule has 1 nitrogen and oxygen atoms in total. The molecule has 1 aliphatic rings. The second-order valence-electron chi connectivity index (χ2n) is 4.34. The van der Waals surface area contributed by atoms with Crippen molar-refractivity contribution in [3.05, 3.63) is 35.4 Å². The first-order chi connectivity index (χ1) is 5.61. The molecule has 0 aromatic heterocycles. The predicted molar refractivity (Wildman–Crippen MR) is 58.1 cm³/mol. The van der Waals surface area contributed by atoms with Gasteiger partial charge in [0.05, 0.1) is 0 Å². The van der Waals surface area contributed by atoms with Gasteiger partial charge in [-0.15, -0.1) is 12.4 Å². The molecule has 0 amide bonds. The summed E-state index contributed by atoms with van der Waals surface area (Å²) in [5.41, 5.74) is 9.13. The second kappa shape index (κ2) is 3.32. The van der Waals surface area contributed by atoms with Crippen molar-refractivity contribution >= 4 is 12.4 Å². The van der Waals surface area contributed by atoms with Crippen LogP contribution in [0.4, 0.5) is 0 Å². The van der Waals surface area contributed by atoms with Crippen molar-refractivity contribution in [3.8, 4) is 0 Å². The van der Waals surface area contributed by atoms with E-state index in [9.17, 15) is 0 Å². The third-order valence-electron chi connectivity index (χ3n) is 2.88. The topological polar surface area (TPSA) is 26.0 Å². The fourth-order valence-corrected chi connectivity index (χ4v) is 2.02. The van der Waals surface area contributed by atoms with Gasteiger partial charge in [0, 0.05) is 6.04 Å². The Kier molecular flexibility index (Phi) is 2.69. The summed E-state index contributed by atoms with van der Waals surface area (Å²) in [6.07, 6.45) is 1.12. The zero-order valence-electron chi connectivity index (χ0n) is 8.08. The molecule has 1 aliphatic carbocycles. The molecule has 2 heteroatoms. The highest BCUT2D eigenvalue weighted by atomic mass is 35.5. The van der Waals surface area contributed by atoms with Gasteiger partial charge in [0.15, 0.2) is 0 Å². The lowest BCUT2D eigenvalue weighted by Crippen LogP contribution is -2.24. The van der Waals surface area contributed by atoms with E-state index in [4.69, 9.17) is 5.73 Å². The number of benzene rings is 1. The normalized spacial score (nSPS) is 23.5. The standard InChI is InChI=1S/C11H15N.ClH/c1-11(2)7-8-5-3-4-6-9(8)10(11)12;/h3-6,10H,7,12H2,1-2H3;1H. The number of halogens is 1. The molecular weight excluding hydrogens is 182 g/mol. The fourth-order valence-electron chi connectivity index (χ4n) is 2.02. The van der Waals surface area contributed by atoms with Crippen molar-refractivity contribution < 1.29 is 0 Å². The highest BCUT2D eigenvalue weighted by molar-refractivity contribution is 5.85. The van der Waals surface area contributed by atoms with Crippen molar-refractivity contribution in [2.24, 2.45) is 11.1 Å². The third-order valence-corrected chi connectivity index (χ3v) is 2.88. The van der Waals surface area contributed by atoms with E-state index >= 15 is 0 Å². The van der Waals surface area contributed by atoms with Crippen molar-refractivity contribution in [1.82, 2.24) is 0 Å². The van der Waals surface area contributed by atoms with Gasteiger partial charge in [-0.05, 0) is 23.0 Å². The van der Waals surface area contributed by atoms with Crippen molar-refractivity contribution in [2.45, 2.75) is 26.3 Å². The van der Waals surface area contributed by atoms with Crippen LogP contribution in [-0.2, 0) is 6.42 Å². The zero-order chi connectivity index (χ0) is 8.77. The van der Waals surface area contributed by atoms with E-state index in [-0.39, 0.29) is 23.9 Å². The average Bonchev–Trinajstić information content (AvgIpc) is 2.24. The van der Waals surface area contributed by atoms with Gasteiger partial charge in [-0.25, -0.2) is 0 Å². The highest BCUT2D eigenvalue weighted by Gasteiger charge is 2.35. The Morgan fingerprint density at radius 2 is 1.92 bits per heavy atom. The Labute approximate surface area is 85.7 Å². The number of rotatable bonds is 0. The summed E-state index contributed by atoms with van der Waals surface area (Å²) in [6.45, 7) is 4.47. The fraction of sp³-hybridized carbons (Fsp3) is 0.455. The van der Waals surface area contributed by atoms with E-state index in [1.807, 2.05) is 0 Å². The van der Waals surface area contributed by atoms with Gasteiger partial charge in [-0.2, -0.15) is 0 Å². The van der Waals surface area contributed by atoms with Crippen molar-refractivity contribution in [3.63, 3.8) is 0 Å². The van der Waals surface area contributed by atoms with Crippen LogP contribution >= 0.6 is 12.4 Å². The van der Waals surface area contributed by atoms with Crippen LogP contribution in [0.3, 0.4) is 0 Å². The van der Waals surface area contributed by atoms with Gasteiger partial charge in [0.2, 0.25) is 0 Å². The molecule has 1 aromatic rings. The van der Waals surface area contributed by atoms with Crippen molar-refractivity contribution in [1.29, 1.82) is 0 Å². The van der Waals surface area contributed by atoms with Crippen molar-refractivity contribution in [2.75, 3.05) is 0 Å². The molecule has 1 aromatic carbocycles. The van der Waals surface area contributed by atoms with E-state index in [1.54, 1.807) is 0 Å². The first-order valence-corrected chi connectivity index (χ1v) is 4.45. The molecule has 0 saturated carbocycles. The maximum Gasteiger partial charge on any atom is 0.0352 e. The summed E-state index contributed by atoms with van der Waals surface area (Å²) >= 11 is 0. The SMILES string of the molecule is CC1(C)Cc2ccccc2C1N.Cl. The maximum absolute atomic E-state index is 6.12. The van der Waals surface area contributed by atoms with Gasteiger partial charge < -0.3 is 5.73 Å². The van der Waals surface area contributed by atoms with Crippen LogP contribution in [0.5, 0.6) is 0 Å². The minimum absolute atomic E-state index is 0. The van der Waals surface area contributed by atoms with Crippen LogP contribution in [0.1, 0.15) is 31.0 Å². The van der Waals surface area contributed by atoms with E-state index in [1.165, 1.54) is 11.1 Å². The van der Waals surface area contributed by atoms with Gasteiger partial charge in [0.25, 0.3) is 0 Å². The summed E-state index contributed by atoms with van der Waals surface area (Å²) in [5.74, 6) is 0. The number of hydrogen-bond acceptors (Lipinski definition) is 1. The minimum atomic E-state index is 0. The summed E-state index contributed by atoms with van der Waals surface area (Å²) < 4.78 is 0. The second-order valence-corrected chi connectivity index (χ2v) is 4.34.